The fraction of sp³-hybridized carbons (Fsp3) is 0.632. The predicted octanol–water partition coefficient (Wildman–Crippen LogP) is 0.794. The van der Waals surface area contributed by atoms with E-state index >= 15 is 0 Å². The van der Waals surface area contributed by atoms with E-state index in [0.717, 1.165) is 50.9 Å². The number of nitrogens with zero attached hydrogens (tertiary/aromatic N) is 7. The molecule has 1 fully saturated rings. The summed E-state index contributed by atoms with van der Waals surface area (Å²) < 4.78 is 6.77. The Balaban J connectivity index is 1.60. The summed E-state index contributed by atoms with van der Waals surface area (Å²) in [5.74, 6) is 0.985. The van der Waals surface area contributed by atoms with E-state index in [9.17, 15) is 0 Å². The largest absolute Gasteiger partial charge is 0.364 e. The van der Waals surface area contributed by atoms with Gasteiger partial charge in [-0.25, -0.2) is 0 Å². The number of nitrogens with one attached hydrogen (secondary N) is 1. The molecule has 1 atom stereocenters. The Hall–Kier alpha value is -2.39. The lowest BCUT2D eigenvalue weighted by Gasteiger charge is -2.36. The molecule has 2 aromatic rings. The first-order chi connectivity index (χ1) is 13.6. The van der Waals surface area contributed by atoms with Crippen LogP contribution in [0.15, 0.2) is 34.2 Å². The average Bonchev–Trinajstić information content (AvgIpc) is 3.33. The molecule has 1 unspecified atom stereocenters. The lowest BCUT2D eigenvalue weighted by molar-refractivity contribution is 0.168. The number of hydrogen-bond acceptors (Lipinski definition) is 6. The molecule has 0 aromatic carbocycles. The van der Waals surface area contributed by atoms with Crippen molar-refractivity contribution in [2.75, 3.05) is 53.4 Å². The van der Waals surface area contributed by atoms with Crippen molar-refractivity contribution < 1.29 is 4.52 Å². The Labute approximate surface area is 167 Å². The number of piperazine rings is 1. The highest BCUT2D eigenvalue weighted by molar-refractivity contribution is 5.80. The van der Waals surface area contributed by atoms with Crippen LogP contribution < -0.4 is 5.32 Å². The van der Waals surface area contributed by atoms with Crippen LogP contribution >= 0.6 is 0 Å². The number of aromatic nitrogens is 3. The fourth-order valence-electron chi connectivity index (χ4n) is 3.44. The third kappa shape index (κ3) is 5.32. The van der Waals surface area contributed by atoms with Crippen LogP contribution in [0, 0.1) is 0 Å². The zero-order valence-corrected chi connectivity index (χ0v) is 17.4. The Bertz CT molecular complexity index is 731. The summed E-state index contributed by atoms with van der Waals surface area (Å²) in [5.41, 5.74) is 2.17. The molecule has 1 N–H and O–H groups in total. The van der Waals surface area contributed by atoms with E-state index in [1.165, 1.54) is 5.56 Å². The molecule has 28 heavy (non-hydrogen) atoms. The molecule has 0 amide bonds. The molecule has 154 valence electrons. The second-order valence-electron chi connectivity index (χ2n) is 7.38. The Morgan fingerprint density at radius 1 is 1.32 bits per heavy atom. The molecule has 0 radical (unpaired) electrons. The van der Waals surface area contributed by atoms with Crippen LogP contribution in [0.4, 0.5) is 0 Å². The maximum absolute atomic E-state index is 4.95. The Morgan fingerprint density at radius 3 is 2.68 bits per heavy atom. The lowest BCUT2D eigenvalue weighted by Crippen LogP contribution is -2.52. The summed E-state index contributed by atoms with van der Waals surface area (Å²) in [6.45, 7) is 8.36. The molecule has 0 spiro atoms. The van der Waals surface area contributed by atoms with E-state index in [1.54, 1.807) is 6.26 Å². The first-order valence-electron chi connectivity index (χ1n) is 9.86. The van der Waals surface area contributed by atoms with E-state index in [2.05, 4.69) is 57.5 Å². The third-order valence-electron chi connectivity index (χ3n) is 5.03. The summed E-state index contributed by atoms with van der Waals surface area (Å²) >= 11 is 0. The molecule has 0 aliphatic carbocycles. The highest BCUT2D eigenvalue weighted by atomic mass is 16.5. The molecule has 3 heterocycles. The molecule has 0 bridgehead atoms. The van der Waals surface area contributed by atoms with Crippen LogP contribution in [-0.4, -0.2) is 89.0 Å². The molecule has 3 rings (SSSR count). The van der Waals surface area contributed by atoms with Crippen molar-refractivity contribution in [3.63, 3.8) is 0 Å². The maximum Gasteiger partial charge on any atom is 0.194 e. The monoisotopic (exact) mass is 388 g/mol. The predicted molar refractivity (Wildman–Crippen MR) is 109 cm³/mol. The first-order valence-corrected chi connectivity index (χ1v) is 9.86. The Kier molecular flexibility index (Phi) is 7.05. The van der Waals surface area contributed by atoms with Crippen molar-refractivity contribution in [2.24, 2.45) is 12.0 Å². The van der Waals surface area contributed by atoms with Gasteiger partial charge >= 0.3 is 0 Å². The van der Waals surface area contributed by atoms with Crippen molar-refractivity contribution in [3.05, 3.63) is 36.0 Å². The molecule has 1 saturated heterocycles. The zero-order chi connectivity index (χ0) is 19.9. The minimum absolute atomic E-state index is 0.204. The van der Waals surface area contributed by atoms with E-state index in [4.69, 9.17) is 9.52 Å². The van der Waals surface area contributed by atoms with Crippen molar-refractivity contribution in [1.29, 1.82) is 0 Å². The van der Waals surface area contributed by atoms with Gasteiger partial charge < -0.3 is 19.6 Å². The number of hydrogen-bond donors (Lipinski definition) is 1. The van der Waals surface area contributed by atoms with Gasteiger partial charge in [0.25, 0.3) is 0 Å². The number of rotatable bonds is 7. The fourth-order valence-corrected chi connectivity index (χ4v) is 3.44. The quantitative estimate of drug-likeness (QED) is 0.555. The lowest BCUT2D eigenvalue weighted by atomic mass is 10.1. The zero-order valence-electron chi connectivity index (χ0n) is 17.4. The minimum Gasteiger partial charge on any atom is -0.364 e. The van der Waals surface area contributed by atoms with Gasteiger partial charge in [0.2, 0.25) is 0 Å². The molecule has 0 saturated carbocycles. The van der Waals surface area contributed by atoms with Crippen molar-refractivity contribution >= 4 is 5.96 Å². The van der Waals surface area contributed by atoms with Gasteiger partial charge in [-0.15, -0.1) is 0 Å². The van der Waals surface area contributed by atoms with E-state index in [0.29, 0.717) is 6.54 Å². The number of aryl methyl sites for hydroxylation is 1. The highest BCUT2D eigenvalue weighted by Gasteiger charge is 2.21. The smallest absolute Gasteiger partial charge is 0.194 e. The molecular formula is C19H32N8O. The normalized spacial score (nSPS) is 17.3. The van der Waals surface area contributed by atoms with Crippen LogP contribution in [-0.2, 0) is 13.6 Å². The second kappa shape index (κ2) is 9.70. The summed E-state index contributed by atoms with van der Waals surface area (Å²) in [7, 11) is 6.12. The molecule has 9 nitrogen and oxygen atoms in total. The molecule has 2 aromatic heterocycles. The topological polar surface area (TPSA) is 78.0 Å². The van der Waals surface area contributed by atoms with Crippen molar-refractivity contribution in [3.8, 4) is 0 Å². The first kappa shape index (κ1) is 20.3. The van der Waals surface area contributed by atoms with E-state index in [1.807, 2.05) is 24.0 Å². The average molecular weight is 389 g/mol. The van der Waals surface area contributed by atoms with Gasteiger partial charge in [0.15, 0.2) is 5.96 Å². The van der Waals surface area contributed by atoms with Gasteiger partial charge in [-0.3, -0.25) is 14.6 Å². The summed E-state index contributed by atoms with van der Waals surface area (Å²) in [6.07, 6.45) is 5.62. The number of aliphatic imine (C=N–C) groups is 1. The second-order valence-corrected chi connectivity index (χ2v) is 7.38. The van der Waals surface area contributed by atoms with E-state index in [-0.39, 0.29) is 6.04 Å². The Morgan fingerprint density at radius 2 is 2.11 bits per heavy atom. The third-order valence-corrected chi connectivity index (χ3v) is 5.03. The highest BCUT2D eigenvalue weighted by Crippen LogP contribution is 2.18. The molecule has 9 heteroatoms. The van der Waals surface area contributed by atoms with Gasteiger partial charge in [-0.1, -0.05) is 5.16 Å². The van der Waals surface area contributed by atoms with Crippen LogP contribution in [0.3, 0.4) is 0 Å². The molecule has 1 aliphatic heterocycles. The van der Waals surface area contributed by atoms with Crippen molar-refractivity contribution in [2.45, 2.75) is 19.5 Å². The number of likely N-dealkylation sites (N-methyl/N-ethyl adjacent to an activating group) is 1. The van der Waals surface area contributed by atoms with Crippen LogP contribution in [0.25, 0.3) is 0 Å². The van der Waals surface area contributed by atoms with E-state index < -0.39 is 0 Å². The van der Waals surface area contributed by atoms with Gasteiger partial charge in [-0.05, 0) is 21.0 Å². The summed E-state index contributed by atoms with van der Waals surface area (Å²) in [5, 5.41) is 11.8. The van der Waals surface area contributed by atoms with Crippen LogP contribution in [0.2, 0.25) is 0 Å². The van der Waals surface area contributed by atoms with Crippen LogP contribution in [0.5, 0.6) is 0 Å². The van der Waals surface area contributed by atoms with Gasteiger partial charge in [0.05, 0.1) is 24.5 Å². The van der Waals surface area contributed by atoms with Crippen molar-refractivity contribution in [1.82, 2.24) is 35.0 Å². The van der Waals surface area contributed by atoms with Gasteiger partial charge in [0, 0.05) is 64.1 Å². The van der Waals surface area contributed by atoms with Gasteiger partial charge in [0.1, 0.15) is 6.26 Å². The van der Waals surface area contributed by atoms with Crippen LogP contribution in [0.1, 0.15) is 24.2 Å². The minimum atomic E-state index is 0.204. The summed E-state index contributed by atoms with van der Waals surface area (Å²) in [4.78, 5) is 11.9. The van der Waals surface area contributed by atoms with Gasteiger partial charge in [-0.2, -0.15) is 5.10 Å². The molecular weight excluding hydrogens is 356 g/mol. The standard InChI is InChI=1S/C19H32N8O/c1-5-20-19(21-13-18(24(2)3)16-12-22-25(4)14-16)27-9-7-26(8-10-27)15-17-6-11-28-23-17/h6,11-12,14,18H,5,7-10,13,15H2,1-4H3,(H,20,21). The summed E-state index contributed by atoms with van der Waals surface area (Å²) in [6, 6.07) is 2.13. The maximum atomic E-state index is 4.95. The number of guanidine groups is 1. The SMILES string of the molecule is CCNC(=NCC(c1cnn(C)c1)N(C)C)N1CCN(Cc2ccon2)CC1. The molecule has 1 aliphatic rings.